The third kappa shape index (κ3) is 3.67. The van der Waals surface area contributed by atoms with Gasteiger partial charge in [0, 0.05) is 25.0 Å². The highest BCUT2D eigenvalue weighted by atomic mass is 19.1. The predicted octanol–water partition coefficient (Wildman–Crippen LogP) is 5.56. The fourth-order valence-electron chi connectivity index (χ4n) is 4.36. The molecule has 4 aromatic rings. The minimum atomic E-state index is -0.198. The molecule has 5 heteroatoms. The molecule has 0 unspecified atom stereocenters. The van der Waals surface area contributed by atoms with E-state index in [2.05, 4.69) is 46.3 Å². The van der Waals surface area contributed by atoms with E-state index >= 15 is 0 Å². The molecular formula is C26H24FN3O. The molecule has 3 aromatic carbocycles. The summed E-state index contributed by atoms with van der Waals surface area (Å²) in [5.41, 5.74) is 8.00. The number of ether oxygens (including phenoxy) is 1. The summed E-state index contributed by atoms with van der Waals surface area (Å²) in [6, 6.07) is 19.6. The first-order valence-corrected chi connectivity index (χ1v) is 10.4. The number of imidazole rings is 1. The Morgan fingerprint density at radius 1 is 1.03 bits per heavy atom. The zero-order valence-electron chi connectivity index (χ0n) is 17.7. The number of methoxy groups -OCH3 is 1. The average molecular weight is 413 g/mol. The van der Waals surface area contributed by atoms with Crippen molar-refractivity contribution < 1.29 is 9.13 Å². The summed E-state index contributed by atoms with van der Waals surface area (Å²) in [6.07, 6.45) is 4.78. The van der Waals surface area contributed by atoms with E-state index in [0.717, 1.165) is 47.8 Å². The predicted molar refractivity (Wildman–Crippen MR) is 121 cm³/mol. The lowest BCUT2D eigenvalue weighted by atomic mass is 9.97. The van der Waals surface area contributed by atoms with Gasteiger partial charge in [0.15, 0.2) is 0 Å². The molecule has 0 fully saturated rings. The van der Waals surface area contributed by atoms with Gasteiger partial charge in [0.1, 0.15) is 11.6 Å². The van der Waals surface area contributed by atoms with E-state index in [4.69, 9.17) is 4.74 Å². The van der Waals surface area contributed by atoms with E-state index in [1.807, 2.05) is 29.8 Å². The van der Waals surface area contributed by atoms with Crippen molar-refractivity contribution in [2.24, 2.45) is 0 Å². The standard InChI is InChI=1S/C26H24FN3O/c1-18-15-30(17-28-18)25-11-8-20(14-26(25)31-2)22-4-3-5-24-23(22)12-13-29(24)16-19-6-9-21(27)10-7-19/h3-11,14-15,17H,12-13,16H2,1-2H3. The molecule has 5 rings (SSSR count). The number of aromatic nitrogens is 2. The van der Waals surface area contributed by atoms with Crippen LogP contribution in [0.4, 0.5) is 10.1 Å². The van der Waals surface area contributed by atoms with Crippen molar-refractivity contribution in [1.29, 1.82) is 0 Å². The fourth-order valence-corrected chi connectivity index (χ4v) is 4.36. The van der Waals surface area contributed by atoms with Crippen LogP contribution in [0.25, 0.3) is 16.8 Å². The summed E-state index contributed by atoms with van der Waals surface area (Å²) >= 11 is 0. The van der Waals surface area contributed by atoms with E-state index in [9.17, 15) is 4.39 Å². The van der Waals surface area contributed by atoms with Crippen molar-refractivity contribution in [3.63, 3.8) is 0 Å². The van der Waals surface area contributed by atoms with Gasteiger partial charge < -0.3 is 14.2 Å². The Kier molecular flexibility index (Phi) is 4.94. The highest BCUT2D eigenvalue weighted by Gasteiger charge is 2.22. The van der Waals surface area contributed by atoms with Crippen LogP contribution in [-0.4, -0.2) is 23.2 Å². The number of hydrogen-bond donors (Lipinski definition) is 0. The number of hydrogen-bond acceptors (Lipinski definition) is 3. The summed E-state index contributed by atoms with van der Waals surface area (Å²) in [5.74, 6) is 0.616. The normalized spacial score (nSPS) is 12.8. The minimum Gasteiger partial charge on any atom is -0.495 e. The molecule has 31 heavy (non-hydrogen) atoms. The zero-order chi connectivity index (χ0) is 21.4. The summed E-state index contributed by atoms with van der Waals surface area (Å²) < 4.78 is 20.9. The lowest BCUT2D eigenvalue weighted by molar-refractivity contribution is 0.413. The molecule has 1 aliphatic heterocycles. The number of fused-ring (bicyclic) bond motifs is 1. The van der Waals surface area contributed by atoms with Crippen molar-refractivity contribution >= 4 is 5.69 Å². The van der Waals surface area contributed by atoms with Gasteiger partial charge in [-0.2, -0.15) is 0 Å². The number of halogens is 1. The van der Waals surface area contributed by atoms with Crippen molar-refractivity contribution in [3.05, 3.63) is 95.8 Å². The number of aryl methyl sites for hydroxylation is 1. The van der Waals surface area contributed by atoms with Crippen LogP contribution in [0.15, 0.2) is 73.2 Å². The van der Waals surface area contributed by atoms with Crippen LogP contribution in [-0.2, 0) is 13.0 Å². The first-order chi connectivity index (χ1) is 15.1. The molecular weight excluding hydrogens is 389 g/mol. The minimum absolute atomic E-state index is 0.198. The molecule has 0 amide bonds. The third-order valence-corrected chi connectivity index (χ3v) is 5.89. The van der Waals surface area contributed by atoms with Crippen LogP contribution in [0.1, 0.15) is 16.8 Å². The SMILES string of the molecule is COc1cc(-c2cccc3c2CCN3Cc2ccc(F)cc2)ccc1-n1cnc(C)c1. The van der Waals surface area contributed by atoms with E-state index in [-0.39, 0.29) is 5.82 Å². The molecule has 0 atom stereocenters. The monoisotopic (exact) mass is 413 g/mol. The number of anilines is 1. The van der Waals surface area contributed by atoms with Gasteiger partial charge in [0.05, 0.1) is 24.8 Å². The number of benzene rings is 3. The second-order valence-electron chi connectivity index (χ2n) is 7.91. The molecule has 0 aliphatic carbocycles. The molecule has 4 nitrogen and oxygen atoms in total. The van der Waals surface area contributed by atoms with Gasteiger partial charge in [-0.1, -0.05) is 30.3 Å². The smallest absolute Gasteiger partial charge is 0.143 e. The highest BCUT2D eigenvalue weighted by Crippen LogP contribution is 2.39. The van der Waals surface area contributed by atoms with Crippen LogP contribution in [0.5, 0.6) is 5.75 Å². The lowest BCUT2D eigenvalue weighted by Gasteiger charge is -2.20. The quantitative estimate of drug-likeness (QED) is 0.429. The van der Waals surface area contributed by atoms with Gasteiger partial charge in [-0.15, -0.1) is 0 Å². The molecule has 0 saturated carbocycles. The van der Waals surface area contributed by atoms with Gasteiger partial charge in [-0.25, -0.2) is 9.37 Å². The molecule has 0 saturated heterocycles. The Morgan fingerprint density at radius 2 is 1.87 bits per heavy atom. The highest BCUT2D eigenvalue weighted by molar-refractivity contribution is 5.78. The van der Waals surface area contributed by atoms with Crippen molar-refractivity contribution in [2.75, 3.05) is 18.6 Å². The van der Waals surface area contributed by atoms with Crippen LogP contribution >= 0.6 is 0 Å². The average Bonchev–Trinajstić information content (AvgIpc) is 3.41. The van der Waals surface area contributed by atoms with Gasteiger partial charge in [-0.05, 0) is 65.9 Å². The second-order valence-corrected chi connectivity index (χ2v) is 7.91. The van der Waals surface area contributed by atoms with Gasteiger partial charge in [-0.3, -0.25) is 0 Å². The number of rotatable bonds is 5. The topological polar surface area (TPSA) is 30.3 Å². The number of nitrogens with zero attached hydrogens (tertiary/aromatic N) is 3. The Bertz CT molecular complexity index is 1230. The lowest BCUT2D eigenvalue weighted by Crippen LogP contribution is -2.19. The van der Waals surface area contributed by atoms with Gasteiger partial charge >= 0.3 is 0 Å². The largest absolute Gasteiger partial charge is 0.495 e. The van der Waals surface area contributed by atoms with Crippen molar-refractivity contribution in [3.8, 4) is 22.6 Å². The molecule has 0 spiro atoms. The Hall–Kier alpha value is -3.60. The zero-order valence-corrected chi connectivity index (χ0v) is 17.7. The van der Waals surface area contributed by atoms with E-state index in [1.54, 1.807) is 13.4 Å². The van der Waals surface area contributed by atoms with E-state index in [1.165, 1.54) is 28.9 Å². The van der Waals surface area contributed by atoms with Gasteiger partial charge in [0.25, 0.3) is 0 Å². The first-order valence-electron chi connectivity index (χ1n) is 10.4. The van der Waals surface area contributed by atoms with Gasteiger partial charge in [0.2, 0.25) is 0 Å². The maximum atomic E-state index is 13.3. The maximum Gasteiger partial charge on any atom is 0.143 e. The van der Waals surface area contributed by atoms with E-state index in [0.29, 0.717) is 0 Å². The molecule has 1 aliphatic rings. The Morgan fingerprint density at radius 3 is 2.61 bits per heavy atom. The van der Waals surface area contributed by atoms with Crippen LogP contribution in [0.2, 0.25) is 0 Å². The first kappa shape index (κ1) is 19.4. The Balaban J connectivity index is 1.48. The summed E-state index contributed by atoms with van der Waals surface area (Å²) in [7, 11) is 1.70. The molecule has 2 heterocycles. The molecule has 0 bridgehead atoms. The maximum absolute atomic E-state index is 13.3. The molecule has 0 N–H and O–H groups in total. The molecule has 156 valence electrons. The summed E-state index contributed by atoms with van der Waals surface area (Å²) in [5, 5.41) is 0. The van der Waals surface area contributed by atoms with Crippen LogP contribution in [0.3, 0.4) is 0 Å². The summed E-state index contributed by atoms with van der Waals surface area (Å²) in [6.45, 7) is 3.70. The fraction of sp³-hybridized carbons (Fsp3) is 0.192. The second kappa shape index (κ2) is 7.91. The van der Waals surface area contributed by atoms with Crippen molar-refractivity contribution in [2.45, 2.75) is 19.9 Å². The van der Waals surface area contributed by atoms with Crippen LogP contribution < -0.4 is 9.64 Å². The third-order valence-electron chi connectivity index (χ3n) is 5.89. The van der Waals surface area contributed by atoms with Crippen molar-refractivity contribution in [1.82, 2.24) is 9.55 Å². The molecule has 1 aromatic heterocycles. The van der Waals surface area contributed by atoms with E-state index < -0.39 is 0 Å². The molecule has 0 radical (unpaired) electrons. The van der Waals surface area contributed by atoms with Crippen LogP contribution in [0, 0.1) is 12.7 Å². The Labute approximate surface area is 181 Å². The summed E-state index contributed by atoms with van der Waals surface area (Å²) in [4.78, 5) is 6.69.